The Labute approximate surface area is 94.0 Å². The quantitative estimate of drug-likeness (QED) is 0.741. The molecule has 1 aromatic heterocycles. The Bertz CT molecular complexity index is 452. The summed E-state index contributed by atoms with van der Waals surface area (Å²) in [6, 6.07) is 0. The molecule has 0 aliphatic carbocycles. The zero-order valence-electron chi connectivity index (χ0n) is 8.46. The summed E-state index contributed by atoms with van der Waals surface area (Å²) in [4.78, 5) is 1.53. The normalized spacial score (nSPS) is 14.1. The second kappa shape index (κ2) is 4.34. The van der Waals surface area contributed by atoms with E-state index in [9.17, 15) is 8.42 Å². The molecule has 0 saturated heterocycles. The second-order valence-electron chi connectivity index (χ2n) is 3.17. The molecule has 1 atom stereocenters. The molecule has 0 fully saturated rings. The van der Waals surface area contributed by atoms with Gasteiger partial charge in [-0.15, -0.1) is 6.58 Å². The van der Waals surface area contributed by atoms with Crippen LogP contribution in [0.25, 0.3) is 0 Å². The predicted molar refractivity (Wildman–Crippen MR) is 59.2 cm³/mol. The van der Waals surface area contributed by atoms with Gasteiger partial charge in [0.15, 0.2) is 5.37 Å². The monoisotopic (exact) mass is 249 g/mol. The fourth-order valence-corrected chi connectivity index (χ4v) is 2.76. The van der Waals surface area contributed by atoms with Crippen LogP contribution in [-0.4, -0.2) is 42.0 Å². The van der Waals surface area contributed by atoms with E-state index in [1.165, 1.54) is 23.4 Å². The summed E-state index contributed by atoms with van der Waals surface area (Å²) >= 11 is 5.61. The summed E-state index contributed by atoms with van der Waals surface area (Å²) in [5.41, 5.74) is 0. The first-order valence-corrected chi connectivity index (χ1v) is 6.01. The number of hydrogen-bond acceptors (Lipinski definition) is 4. The molecule has 15 heavy (non-hydrogen) atoms. The lowest BCUT2D eigenvalue weighted by Gasteiger charge is -2.20. The Kier molecular flexibility index (Phi) is 3.54. The molecule has 1 aromatic rings. The number of likely N-dealkylation sites (N-methyl/N-ethyl adjacent to an activating group) is 1. The van der Waals surface area contributed by atoms with Crippen molar-refractivity contribution in [3.05, 3.63) is 30.1 Å². The van der Waals surface area contributed by atoms with Crippen LogP contribution in [0.3, 0.4) is 0 Å². The maximum Gasteiger partial charge on any atom is 0.273 e. The molecule has 0 spiro atoms. The molecule has 0 bridgehead atoms. The molecular weight excluding hydrogens is 238 g/mol. The van der Waals surface area contributed by atoms with Gasteiger partial charge in [0.1, 0.15) is 0 Å². The van der Waals surface area contributed by atoms with Crippen LogP contribution < -0.4 is 0 Å². The van der Waals surface area contributed by atoms with Gasteiger partial charge in [0.2, 0.25) is 0 Å². The van der Waals surface area contributed by atoms with Gasteiger partial charge in [-0.05, 0) is 14.1 Å². The van der Waals surface area contributed by atoms with Crippen LogP contribution in [0.15, 0.2) is 25.0 Å². The van der Waals surface area contributed by atoms with Crippen LogP contribution in [0.2, 0.25) is 5.02 Å². The zero-order chi connectivity index (χ0) is 11.6. The Morgan fingerprint density at radius 3 is 2.60 bits per heavy atom. The van der Waals surface area contributed by atoms with Gasteiger partial charge in [0.05, 0.1) is 17.4 Å². The summed E-state index contributed by atoms with van der Waals surface area (Å²) in [5.74, 6) is 0. The Balaban J connectivity index is 3.17. The summed E-state index contributed by atoms with van der Waals surface area (Å²) in [6.07, 6.45) is 3.86. The Morgan fingerprint density at radius 2 is 2.27 bits per heavy atom. The maximum absolute atomic E-state index is 11.9. The van der Waals surface area contributed by atoms with Crippen molar-refractivity contribution in [2.24, 2.45) is 0 Å². The minimum absolute atomic E-state index is 0.278. The average Bonchev–Trinajstić information content (AvgIpc) is 2.52. The van der Waals surface area contributed by atoms with E-state index >= 15 is 0 Å². The summed E-state index contributed by atoms with van der Waals surface area (Å²) in [5, 5.41) is 3.11. The lowest BCUT2D eigenvalue weighted by molar-refractivity contribution is 0.402. The number of rotatable bonds is 4. The van der Waals surface area contributed by atoms with Crippen molar-refractivity contribution < 1.29 is 8.42 Å². The molecule has 5 nitrogen and oxygen atoms in total. The Hall–Kier alpha value is -0.850. The van der Waals surface area contributed by atoms with E-state index in [1.54, 1.807) is 14.1 Å². The average molecular weight is 250 g/mol. The van der Waals surface area contributed by atoms with Gasteiger partial charge >= 0.3 is 0 Å². The number of halogens is 1. The topological polar surface area (TPSA) is 55.2 Å². The fraction of sp³-hybridized carbons (Fsp3) is 0.375. The first kappa shape index (κ1) is 12.2. The second-order valence-corrected chi connectivity index (χ2v) is 5.49. The molecule has 0 aromatic carbocycles. The molecule has 0 saturated carbocycles. The lowest BCUT2D eigenvalue weighted by atomic mass is 10.6. The van der Waals surface area contributed by atoms with Crippen molar-refractivity contribution in [1.29, 1.82) is 0 Å². The maximum atomic E-state index is 11.9. The highest BCUT2D eigenvalue weighted by atomic mass is 35.5. The first-order chi connectivity index (χ1) is 6.89. The van der Waals surface area contributed by atoms with Crippen LogP contribution >= 0.6 is 11.6 Å². The number of aromatic nitrogens is 2. The highest BCUT2D eigenvalue weighted by molar-refractivity contribution is 7.90. The van der Waals surface area contributed by atoms with Crippen molar-refractivity contribution in [3.63, 3.8) is 0 Å². The van der Waals surface area contributed by atoms with E-state index in [0.717, 1.165) is 4.09 Å². The van der Waals surface area contributed by atoms with Gasteiger partial charge in [0, 0.05) is 0 Å². The number of nitrogens with zero attached hydrogens (tertiary/aromatic N) is 3. The molecule has 1 heterocycles. The van der Waals surface area contributed by atoms with Crippen molar-refractivity contribution in [3.8, 4) is 0 Å². The van der Waals surface area contributed by atoms with Crippen molar-refractivity contribution in [1.82, 2.24) is 14.1 Å². The predicted octanol–water partition coefficient (Wildman–Crippen LogP) is 0.788. The molecular formula is C8H12ClN3O2S. The first-order valence-electron chi connectivity index (χ1n) is 4.13. The molecule has 0 aliphatic rings. The van der Waals surface area contributed by atoms with Gasteiger partial charge in [-0.3, -0.25) is 4.90 Å². The van der Waals surface area contributed by atoms with Crippen LogP contribution in [0.4, 0.5) is 0 Å². The third-order valence-corrected chi connectivity index (χ3v) is 3.95. The SMILES string of the molecule is C=CC(N(C)C)S(=O)(=O)n1cc(Cl)cn1. The van der Waals surface area contributed by atoms with Crippen LogP contribution in [0.1, 0.15) is 0 Å². The highest BCUT2D eigenvalue weighted by Crippen LogP contribution is 2.12. The molecule has 1 rings (SSSR count). The third kappa shape index (κ3) is 2.39. The van der Waals surface area contributed by atoms with Gasteiger partial charge < -0.3 is 0 Å². The van der Waals surface area contributed by atoms with Crippen molar-refractivity contribution in [2.45, 2.75) is 5.37 Å². The van der Waals surface area contributed by atoms with Crippen LogP contribution in [-0.2, 0) is 10.0 Å². The summed E-state index contributed by atoms with van der Waals surface area (Å²) in [7, 11) is -0.305. The molecule has 1 unspecified atom stereocenters. The van der Waals surface area contributed by atoms with E-state index in [-0.39, 0.29) is 5.02 Å². The largest absolute Gasteiger partial charge is 0.289 e. The van der Waals surface area contributed by atoms with Crippen molar-refractivity contribution >= 4 is 21.6 Å². The standard InChI is InChI=1S/C8H12ClN3O2S/c1-4-8(11(2)3)15(13,14)12-6-7(9)5-10-12/h4-6,8H,1H2,2-3H3. The van der Waals surface area contributed by atoms with E-state index in [2.05, 4.69) is 11.7 Å². The van der Waals surface area contributed by atoms with E-state index in [0.29, 0.717) is 0 Å². The number of hydrogen-bond donors (Lipinski definition) is 0. The minimum Gasteiger partial charge on any atom is -0.289 e. The minimum atomic E-state index is -3.60. The lowest BCUT2D eigenvalue weighted by Crippen LogP contribution is -2.37. The van der Waals surface area contributed by atoms with Gasteiger partial charge in [0.25, 0.3) is 10.0 Å². The van der Waals surface area contributed by atoms with Gasteiger partial charge in [-0.1, -0.05) is 17.7 Å². The smallest absolute Gasteiger partial charge is 0.273 e. The highest BCUT2D eigenvalue weighted by Gasteiger charge is 2.27. The Morgan fingerprint density at radius 1 is 1.67 bits per heavy atom. The summed E-state index contributed by atoms with van der Waals surface area (Å²) < 4.78 is 24.7. The van der Waals surface area contributed by atoms with E-state index < -0.39 is 15.4 Å². The van der Waals surface area contributed by atoms with Crippen molar-refractivity contribution in [2.75, 3.05) is 14.1 Å². The third-order valence-electron chi connectivity index (χ3n) is 1.81. The van der Waals surface area contributed by atoms with Gasteiger partial charge in [-0.2, -0.15) is 9.19 Å². The molecule has 7 heteroatoms. The van der Waals surface area contributed by atoms with E-state index in [4.69, 9.17) is 11.6 Å². The molecule has 0 radical (unpaired) electrons. The fourth-order valence-electron chi connectivity index (χ4n) is 1.13. The molecule has 0 N–H and O–H groups in total. The zero-order valence-corrected chi connectivity index (χ0v) is 10.0. The molecule has 0 aliphatic heterocycles. The molecule has 0 amide bonds. The molecule has 84 valence electrons. The van der Waals surface area contributed by atoms with Gasteiger partial charge in [-0.25, -0.2) is 8.42 Å². The van der Waals surface area contributed by atoms with E-state index in [1.807, 2.05) is 0 Å². The van der Waals surface area contributed by atoms with Crippen LogP contribution in [0.5, 0.6) is 0 Å². The van der Waals surface area contributed by atoms with Crippen LogP contribution in [0, 0.1) is 0 Å². The summed E-state index contributed by atoms with van der Waals surface area (Å²) in [6.45, 7) is 3.49.